The van der Waals surface area contributed by atoms with Gasteiger partial charge in [0.1, 0.15) is 10.8 Å². The van der Waals surface area contributed by atoms with Crippen LogP contribution in [0.4, 0.5) is 0 Å². The highest BCUT2D eigenvalue weighted by atomic mass is 35.5. The molecule has 1 heterocycles. The van der Waals surface area contributed by atoms with Gasteiger partial charge in [-0.3, -0.25) is 4.79 Å². The zero-order valence-corrected chi connectivity index (χ0v) is 11.3. The number of aromatic amines is 1. The van der Waals surface area contributed by atoms with Gasteiger partial charge in [-0.15, -0.1) is 0 Å². The van der Waals surface area contributed by atoms with E-state index in [2.05, 4.69) is 4.98 Å². The van der Waals surface area contributed by atoms with Crippen molar-refractivity contribution in [3.05, 3.63) is 55.9 Å². The molecule has 0 aliphatic heterocycles. The Labute approximate surface area is 119 Å². The van der Waals surface area contributed by atoms with E-state index in [0.29, 0.717) is 22.0 Å². The molecule has 1 N–H and O–H groups in total. The largest absolute Gasteiger partial charge is 0.455 e. The Hall–Kier alpha value is -1.96. The number of H-pyrrole nitrogens is 1. The van der Waals surface area contributed by atoms with E-state index in [1.165, 1.54) is 18.2 Å². The second-order valence-electron chi connectivity index (χ2n) is 3.85. The maximum atomic E-state index is 11.5. The summed E-state index contributed by atoms with van der Waals surface area (Å²) >= 11 is 11.7. The first-order valence-electron chi connectivity index (χ1n) is 5.27. The van der Waals surface area contributed by atoms with Gasteiger partial charge in [0.25, 0.3) is 5.56 Å². The van der Waals surface area contributed by atoms with Crippen LogP contribution >= 0.6 is 23.2 Å². The van der Waals surface area contributed by atoms with Gasteiger partial charge >= 0.3 is 0 Å². The van der Waals surface area contributed by atoms with Crippen LogP contribution in [-0.2, 0) is 0 Å². The number of hydrogen-bond donors (Lipinski definition) is 1. The third kappa shape index (κ3) is 3.08. The third-order valence-corrected chi connectivity index (χ3v) is 2.88. The Kier molecular flexibility index (Phi) is 3.79. The van der Waals surface area contributed by atoms with Crippen molar-refractivity contribution in [2.75, 3.05) is 0 Å². The molecule has 0 radical (unpaired) electrons. The monoisotopic (exact) mass is 294 g/mol. The minimum atomic E-state index is -0.431. The molecule has 6 heteroatoms. The number of nitriles is 1. The third-order valence-electron chi connectivity index (χ3n) is 2.30. The van der Waals surface area contributed by atoms with E-state index in [-0.39, 0.29) is 10.8 Å². The molecule has 19 heavy (non-hydrogen) atoms. The van der Waals surface area contributed by atoms with Crippen molar-refractivity contribution in [3.8, 4) is 17.6 Å². The maximum Gasteiger partial charge on any atom is 0.270 e. The van der Waals surface area contributed by atoms with Crippen molar-refractivity contribution in [2.45, 2.75) is 6.92 Å². The molecular formula is C13H8Cl2N2O2. The normalized spacial score (nSPS) is 10.0. The molecule has 0 aliphatic rings. The van der Waals surface area contributed by atoms with Crippen molar-refractivity contribution in [2.24, 2.45) is 0 Å². The summed E-state index contributed by atoms with van der Waals surface area (Å²) < 4.78 is 5.51. The molecule has 0 saturated carbocycles. The fourth-order valence-electron chi connectivity index (χ4n) is 1.53. The van der Waals surface area contributed by atoms with Crippen molar-refractivity contribution < 1.29 is 4.74 Å². The quantitative estimate of drug-likeness (QED) is 0.919. The van der Waals surface area contributed by atoms with E-state index in [4.69, 9.17) is 33.2 Å². The number of nitrogens with one attached hydrogen (secondary N) is 1. The van der Waals surface area contributed by atoms with Crippen molar-refractivity contribution in [3.63, 3.8) is 0 Å². The van der Waals surface area contributed by atoms with E-state index in [9.17, 15) is 4.79 Å². The molecule has 0 atom stereocenters. The molecule has 2 aromatic rings. The van der Waals surface area contributed by atoms with Gasteiger partial charge in [-0.25, -0.2) is 0 Å². The maximum absolute atomic E-state index is 11.5. The Bertz CT molecular complexity index is 732. The van der Waals surface area contributed by atoms with Crippen LogP contribution in [0, 0.1) is 18.3 Å². The van der Waals surface area contributed by atoms with E-state index in [0.717, 1.165) is 0 Å². The van der Waals surface area contributed by atoms with E-state index in [1.807, 2.05) is 6.07 Å². The van der Waals surface area contributed by atoms with Crippen LogP contribution in [-0.4, -0.2) is 4.98 Å². The van der Waals surface area contributed by atoms with Crippen LogP contribution in [0.25, 0.3) is 0 Å². The first-order chi connectivity index (χ1) is 8.99. The molecule has 0 amide bonds. The first-order valence-corrected chi connectivity index (χ1v) is 6.03. The summed E-state index contributed by atoms with van der Waals surface area (Å²) in [5.74, 6) is 0.560. The van der Waals surface area contributed by atoms with Crippen LogP contribution in [0.1, 0.15) is 11.3 Å². The molecule has 1 aromatic carbocycles. The summed E-state index contributed by atoms with van der Waals surface area (Å²) in [6.07, 6.45) is 0. The van der Waals surface area contributed by atoms with Gasteiger partial charge in [0.15, 0.2) is 5.75 Å². The van der Waals surface area contributed by atoms with E-state index < -0.39 is 5.56 Å². The van der Waals surface area contributed by atoms with E-state index >= 15 is 0 Å². The van der Waals surface area contributed by atoms with E-state index in [1.54, 1.807) is 13.0 Å². The second-order valence-corrected chi connectivity index (χ2v) is 4.66. The fraction of sp³-hybridized carbons (Fsp3) is 0.0769. The SMILES string of the molecule is Cc1cc(Oc2cc(Cl)cc(C#N)c2)c(Cl)c(=O)[nH]1. The van der Waals surface area contributed by atoms with Crippen LogP contribution < -0.4 is 10.3 Å². The molecule has 0 saturated heterocycles. The average Bonchev–Trinajstić information content (AvgIpc) is 2.34. The van der Waals surface area contributed by atoms with Crippen LogP contribution in [0.3, 0.4) is 0 Å². The standard InChI is InChI=1S/C13H8Cl2N2O2/c1-7-2-11(12(15)13(18)17-7)19-10-4-8(6-16)3-9(14)5-10/h2-5H,1H3,(H,17,18). The Morgan fingerprint density at radius 2 is 2.00 bits per heavy atom. The topological polar surface area (TPSA) is 65.9 Å². The minimum absolute atomic E-state index is 0.0518. The summed E-state index contributed by atoms with van der Waals surface area (Å²) in [5.41, 5.74) is 0.548. The number of benzene rings is 1. The number of rotatable bonds is 2. The molecule has 2 rings (SSSR count). The lowest BCUT2D eigenvalue weighted by Crippen LogP contribution is -2.08. The Morgan fingerprint density at radius 3 is 2.68 bits per heavy atom. The number of halogens is 2. The van der Waals surface area contributed by atoms with Gasteiger partial charge in [-0.2, -0.15) is 5.26 Å². The number of hydrogen-bond acceptors (Lipinski definition) is 3. The summed E-state index contributed by atoms with van der Waals surface area (Å²) in [7, 11) is 0. The summed E-state index contributed by atoms with van der Waals surface area (Å²) in [5, 5.41) is 9.17. The van der Waals surface area contributed by atoms with Crippen LogP contribution in [0.15, 0.2) is 29.1 Å². The first kappa shape index (κ1) is 13.5. The van der Waals surface area contributed by atoms with Gasteiger partial charge in [0.2, 0.25) is 0 Å². The van der Waals surface area contributed by atoms with Gasteiger partial charge in [0.05, 0.1) is 11.6 Å². The number of ether oxygens (including phenoxy) is 1. The molecule has 1 aromatic heterocycles. The molecule has 4 nitrogen and oxygen atoms in total. The molecular weight excluding hydrogens is 287 g/mol. The van der Waals surface area contributed by atoms with Crippen molar-refractivity contribution in [1.82, 2.24) is 4.98 Å². The Balaban J connectivity index is 2.45. The van der Waals surface area contributed by atoms with Gasteiger partial charge < -0.3 is 9.72 Å². The number of aromatic nitrogens is 1. The van der Waals surface area contributed by atoms with Gasteiger partial charge in [-0.1, -0.05) is 23.2 Å². The predicted octanol–water partition coefficient (Wildman–Crippen LogP) is 3.65. The highest BCUT2D eigenvalue weighted by Gasteiger charge is 2.09. The summed E-state index contributed by atoms with van der Waals surface area (Å²) in [6, 6.07) is 8.12. The minimum Gasteiger partial charge on any atom is -0.455 e. The molecule has 0 bridgehead atoms. The molecule has 0 fully saturated rings. The lowest BCUT2D eigenvalue weighted by Gasteiger charge is -2.08. The molecule has 0 unspecified atom stereocenters. The number of pyridine rings is 1. The highest BCUT2D eigenvalue weighted by Crippen LogP contribution is 2.29. The van der Waals surface area contributed by atoms with Gasteiger partial charge in [-0.05, 0) is 25.1 Å². The highest BCUT2D eigenvalue weighted by molar-refractivity contribution is 6.32. The summed E-state index contributed by atoms with van der Waals surface area (Å²) in [6.45, 7) is 1.71. The van der Waals surface area contributed by atoms with Crippen LogP contribution in [0.2, 0.25) is 10.0 Å². The molecule has 96 valence electrons. The summed E-state index contributed by atoms with van der Waals surface area (Å²) in [4.78, 5) is 14.0. The number of aryl methyl sites for hydroxylation is 1. The van der Waals surface area contributed by atoms with Crippen molar-refractivity contribution >= 4 is 23.2 Å². The van der Waals surface area contributed by atoms with Crippen LogP contribution in [0.5, 0.6) is 11.5 Å². The second kappa shape index (κ2) is 5.35. The lowest BCUT2D eigenvalue weighted by molar-refractivity contribution is 0.481. The van der Waals surface area contributed by atoms with Gasteiger partial charge in [0, 0.05) is 16.8 Å². The molecule has 0 aliphatic carbocycles. The number of nitrogens with zero attached hydrogens (tertiary/aromatic N) is 1. The predicted molar refractivity (Wildman–Crippen MR) is 73.1 cm³/mol. The zero-order chi connectivity index (χ0) is 14.0. The average molecular weight is 295 g/mol. The lowest BCUT2D eigenvalue weighted by atomic mass is 10.2. The molecule has 0 spiro atoms. The Morgan fingerprint density at radius 1 is 1.26 bits per heavy atom. The smallest absolute Gasteiger partial charge is 0.270 e. The van der Waals surface area contributed by atoms with Crippen molar-refractivity contribution in [1.29, 1.82) is 5.26 Å². The fourth-order valence-corrected chi connectivity index (χ4v) is 1.89. The zero-order valence-electron chi connectivity index (χ0n) is 9.83.